The summed E-state index contributed by atoms with van der Waals surface area (Å²) in [6.45, 7) is 0.108. The zero-order chi connectivity index (χ0) is 16.7. The first kappa shape index (κ1) is 15.7. The van der Waals surface area contributed by atoms with Crippen molar-refractivity contribution in [1.29, 1.82) is 0 Å². The van der Waals surface area contributed by atoms with Crippen molar-refractivity contribution in [1.82, 2.24) is 0 Å². The van der Waals surface area contributed by atoms with Crippen LogP contribution in [-0.4, -0.2) is 26.2 Å². The highest BCUT2D eigenvalue weighted by Crippen LogP contribution is 2.33. The summed E-state index contributed by atoms with van der Waals surface area (Å²) in [5, 5.41) is 10.1. The quantitative estimate of drug-likeness (QED) is 0.912. The summed E-state index contributed by atoms with van der Waals surface area (Å²) < 4.78 is 27.8. The third-order valence-corrected chi connectivity index (χ3v) is 6.78. The van der Waals surface area contributed by atoms with Gasteiger partial charge >= 0.3 is 0 Å². The van der Waals surface area contributed by atoms with E-state index in [0.717, 1.165) is 30.4 Å². The molecule has 0 fully saturated rings. The Morgan fingerprint density at radius 2 is 1.71 bits per heavy atom. The summed E-state index contributed by atoms with van der Waals surface area (Å²) in [6, 6.07) is 12.9. The molecule has 2 aromatic rings. The van der Waals surface area contributed by atoms with E-state index in [2.05, 4.69) is 0 Å². The lowest BCUT2D eigenvalue weighted by Gasteiger charge is -2.33. The highest BCUT2D eigenvalue weighted by molar-refractivity contribution is 7.92. The average molecular weight is 343 g/mol. The Morgan fingerprint density at radius 3 is 2.54 bits per heavy atom. The highest BCUT2D eigenvalue weighted by Gasteiger charge is 2.32. The lowest BCUT2D eigenvalue weighted by atomic mass is 9.92. The van der Waals surface area contributed by atoms with Crippen LogP contribution in [0, 0.1) is 0 Å². The maximum atomic E-state index is 13.2. The average Bonchev–Trinajstić information content (AvgIpc) is 2.60. The van der Waals surface area contributed by atoms with E-state index in [9.17, 15) is 13.5 Å². The molecule has 0 amide bonds. The predicted octanol–water partition coefficient (Wildman–Crippen LogP) is 2.68. The Labute approximate surface area is 142 Å². The first-order valence-electron chi connectivity index (χ1n) is 8.46. The minimum Gasteiger partial charge on any atom is -0.391 e. The van der Waals surface area contributed by atoms with Crippen LogP contribution < -0.4 is 4.31 Å². The molecular weight excluding hydrogens is 322 g/mol. The number of aliphatic hydroxyl groups excluding tert-OH is 1. The van der Waals surface area contributed by atoms with Crippen LogP contribution in [-0.2, 0) is 29.3 Å². The van der Waals surface area contributed by atoms with Gasteiger partial charge in [-0.25, -0.2) is 8.42 Å². The molecule has 1 heterocycles. The van der Waals surface area contributed by atoms with Crippen LogP contribution in [0.5, 0.6) is 0 Å². The van der Waals surface area contributed by atoms with E-state index in [1.807, 2.05) is 36.4 Å². The fourth-order valence-corrected chi connectivity index (χ4v) is 5.35. The fourth-order valence-electron chi connectivity index (χ4n) is 3.76. The lowest BCUT2D eigenvalue weighted by molar-refractivity contribution is 0.180. The number of rotatable bonds is 2. The SMILES string of the molecule is O=S(=O)(c1ccc2c(c1)CCCC2)N1CC(O)Cc2ccccc21. The Hall–Kier alpha value is -1.85. The highest BCUT2D eigenvalue weighted by atomic mass is 32.2. The van der Waals surface area contributed by atoms with Gasteiger partial charge in [0.05, 0.1) is 23.2 Å². The van der Waals surface area contributed by atoms with Crippen molar-refractivity contribution in [3.05, 3.63) is 59.2 Å². The molecule has 1 aliphatic heterocycles. The van der Waals surface area contributed by atoms with E-state index in [1.165, 1.54) is 16.3 Å². The second kappa shape index (κ2) is 5.90. The number of aryl methyl sites for hydroxylation is 2. The summed E-state index contributed by atoms with van der Waals surface area (Å²) >= 11 is 0. The molecule has 1 N–H and O–H groups in total. The number of hydrogen-bond donors (Lipinski definition) is 1. The van der Waals surface area contributed by atoms with Gasteiger partial charge in [-0.15, -0.1) is 0 Å². The van der Waals surface area contributed by atoms with E-state index >= 15 is 0 Å². The predicted molar refractivity (Wildman–Crippen MR) is 93.8 cm³/mol. The van der Waals surface area contributed by atoms with E-state index in [-0.39, 0.29) is 6.54 Å². The minimum atomic E-state index is -3.67. The summed E-state index contributed by atoms with van der Waals surface area (Å²) in [6.07, 6.45) is 4.07. The van der Waals surface area contributed by atoms with Crippen molar-refractivity contribution in [2.45, 2.75) is 43.1 Å². The van der Waals surface area contributed by atoms with Crippen LogP contribution in [0.25, 0.3) is 0 Å². The summed E-state index contributed by atoms with van der Waals surface area (Å²) in [5.74, 6) is 0. The van der Waals surface area contributed by atoms with Gasteiger partial charge in [-0.2, -0.15) is 0 Å². The molecule has 4 rings (SSSR count). The molecule has 1 atom stereocenters. The summed E-state index contributed by atoms with van der Waals surface area (Å²) in [7, 11) is -3.67. The first-order valence-corrected chi connectivity index (χ1v) is 9.90. The van der Waals surface area contributed by atoms with Crippen molar-refractivity contribution in [3.63, 3.8) is 0 Å². The second-order valence-electron chi connectivity index (χ2n) is 6.66. The molecule has 1 unspecified atom stereocenters. The summed E-state index contributed by atoms with van der Waals surface area (Å²) in [4.78, 5) is 0.326. The van der Waals surface area contributed by atoms with E-state index < -0.39 is 16.1 Å². The van der Waals surface area contributed by atoms with Crippen LogP contribution in [0.3, 0.4) is 0 Å². The third-order valence-electron chi connectivity index (χ3n) is 5.00. The molecule has 1 aliphatic carbocycles. The van der Waals surface area contributed by atoms with Crippen LogP contribution in [0.2, 0.25) is 0 Å². The van der Waals surface area contributed by atoms with Gasteiger partial charge in [0.25, 0.3) is 10.0 Å². The Kier molecular flexibility index (Phi) is 3.85. The van der Waals surface area contributed by atoms with Crippen molar-refractivity contribution < 1.29 is 13.5 Å². The molecule has 2 aliphatic rings. The second-order valence-corrected chi connectivity index (χ2v) is 8.52. The molecule has 24 heavy (non-hydrogen) atoms. The van der Waals surface area contributed by atoms with Gasteiger partial charge in [0.15, 0.2) is 0 Å². The van der Waals surface area contributed by atoms with E-state index in [1.54, 1.807) is 6.07 Å². The number of aliphatic hydroxyl groups is 1. The van der Waals surface area contributed by atoms with Gasteiger partial charge in [-0.05, 0) is 60.6 Å². The van der Waals surface area contributed by atoms with Crippen molar-refractivity contribution in [2.75, 3.05) is 10.8 Å². The number of hydrogen-bond acceptors (Lipinski definition) is 3. The molecule has 126 valence electrons. The zero-order valence-electron chi connectivity index (χ0n) is 13.5. The molecule has 0 saturated carbocycles. The van der Waals surface area contributed by atoms with E-state index in [4.69, 9.17) is 0 Å². The molecule has 0 bridgehead atoms. The monoisotopic (exact) mass is 343 g/mol. The minimum absolute atomic E-state index is 0.108. The summed E-state index contributed by atoms with van der Waals surface area (Å²) in [5.41, 5.74) is 3.96. The number of para-hydroxylation sites is 1. The van der Waals surface area contributed by atoms with Gasteiger partial charge in [-0.3, -0.25) is 4.31 Å². The Bertz CT molecular complexity index is 876. The van der Waals surface area contributed by atoms with Crippen LogP contribution in [0.1, 0.15) is 29.5 Å². The molecule has 2 aromatic carbocycles. The van der Waals surface area contributed by atoms with Crippen molar-refractivity contribution >= 4 is 15.7 Å². The van der Waals surface area contributed by atoms with Gasteiger partial charge in [0.2, 0.25) is 0 Å². The van der Waals surface area contributed by atoms with Gasteiger partial charge in [0.1, 0.15) is 0 Å². The number of benzene rings is 2. The lowest BCUT2D eigenvalue weighted by Crippen LogP contribution is -2.42. The molecule has 5 heteroatoms. The number of nitrogens with zero attached hydrogens (tertiary/aromatic N) is 1. The molecule has 0 saturated heterocycles. The topological polar surface area (TPSA) is 57.6 Å². The van der Waals surface area contributed by atoms with Gasteiger partial charge < -0.3 is 5.11 Å². The molecular formula is C19H21NO3S. The largest absolute Gasteiger partial charge is 0.391 e. The molecule has 0 aromatic heterocycles. The Balaban J connectivity index is 1.78. The van der Waals surface area contributed by atoms with Crippen LogP contribution >= 0.6 is 0 Å². The normalized spacial score (nSPS) is 20.4. The fraction of sp³-hybridized carbons (Fsp3) is 0.368. The maximum absolute atomic E-state index is 13.2. The number of β-amino-alcohol motifs (C(OH)–C–C–N with tert-alkyl or cyclic N) is 1. The molecule has 4 nitrogen and oxygen atoms in total. The maximum Gasteiger partial charge on any atom is 0.264 e. The first-order chi connectivity index (χ1) is 11.6. The van der Waals surface area contributed by atoms with E-state index in [0.29, 0.717) is 17.0 Å². The van der Waals surface area contributed by atoms with Crippen LogP contribution in [0.15, 0.2) is 47.4 Å². The number of sulfonamides is 1. The standard InChI is InChI=1S/C19H21NO3S/c21-17-11-16-7-3-4-8-19(16)20(13-17)24(22,23)18-10-9-14-5-1-2-6-15(14)12-18/h3-4,7-10,12,17,21H,1-2,5-6,11,13H2. The molecule has 0 radical (unpaired) electrons. The number of fused-ring (bicyclic) bond motifs is 2. The number of anilines is 1. The van der Waals surface area contributed by atoms with Crippen molar-refractivity contribution in [3.8, 4) is 0 Å². The van der Waals surface area contributed by atoms with Crippen molar-refractivity contribution in [2.24, 2.45) is 0 Å². The molecule has 0 spiro atoms. The van der Waals surface area contributed by atoms with Gasteiger partial charge in [0, 0.05) is 6.42 Å². The smallest absolute Gasteiger partial charge is 0.264 e. The zero-order valence-corrected chi connectivity index (χ0v) is 14.3. The van der Waals surface area contributed by atoms with Crippen LogP contribution in [0.4, 0.5) is 5.69 Å². The Morgan fingerprint density at radius 1 is 0.958 bits per heavy atom. The van der Waals surface area contributed by atoms with Gasteiger partial charge in [-0.1, -0.05) is 24.3 Å². The third kappa shape index (κ3) is 2.62.